The van der Waals surface area contributed by atoms with Gasteiger partial charge in [-0.2, -0.15) is 16.9 Å². The molecule has 0 aliphatic carbocycles. The Balaban J connectivity index is 1.61. The molecule has 0 unspecified atom stereocenters. The molecule has 1 fully saturated rings. The van der Waals surface area contributed by atoms with Crippen LogP contribution in [-0.2, 0) is 10.5 Å². The Kier molecular flexibility index (Phi) is 3.57. The fraction of sp³-hybridized carbons (Fsp3) is 0.500. The van der Waals surface area contributed by atoms with E-state index >= 15 is 0 Å². The molecule has 0 radical (unpaired) electrons. The van der Waals surface area contributed by atoms with Gasteiger partial charge in [-0.15, -0.1) is 0 Å². The monoisotopic (exact) mass is 262 g/mol. The molecule has 1 saturated heterocycles. The molecule has 0 amide bonds. The minimum Gasteiger partial charge on any atom is -0.377 e. The van der Waals surface area contributed by atoms with Gasteiger partial charge >= 0.3 is 0 Å². The lowest BCUT2D eigenvalue weighted by Crippen LogP contribution is -2.16. The second-order valence-electron chi connectivity index (χ2n) is 4.88. The molecule has 2 atom stereocenters. The van der Waals surface area contributed by atoms with Crippen molar-refractivity contribution >= 4 is 17.3 Å². The summed E-state index contributed by atoms with van der Waals surface area (Å²) in [5.74, 6) is 2.84. The Hall–Kier alpha value is -1.00. The number of ether oxygens (including phenoxy) is 1. The van der Waals surface area contributed by atoms with Crippen LogP contribution >= 0.6 is 11.8 Å². The number of nitrogens with zero attached hydrogens (tertiary/aromatic N) is 2. The molecule has 2 aromatic rings. The molecule has 3 rings (SSSR count). The first-order valence-corrected chi connectivity index (χ1v) is 7.60. The van der Waals surface area contributed by atoms with Crippen molar-refractivity contribution in [1.29, 1.82) is 0 Å². The van der Waals surface area contributed by atoms with Crippen molar-refractivity contribution in [3.8, 4) is 0 Å². The number of thioether (sulfide) groups is 1. The molecule has 1 aliphatic heterocycles. The molecule has 0 N–H and O–H groups in total. The second kappa shape index (κ2) is 5.33. The standard InChI is InChI=1S/C14H18N2OS/c1-11-5-8-17-14(11)10-18-9-12-3-2-7-16-13(12)4-6-15-16/h2-4,6-7,11,14H,5,8-10H2,1H3/t11-,14-/m1/s1. The average molecular weight is 262 g/mol. The van der Waals surface area contributed by atoms with Crippen LogP contribution in [0.1, 0.15) is 18.9 Å². The van der Waals surface area contributed by atoms with Crippen molar-refractivity contribution in [2.75, 3.05) is 12.4 Å². The van der Waals surface area contributed by atoms with Crippen molar-refractivity contribution < 1.29 is 4.74 Å². The number of pyridine rings is 1. The van der Waals surface area contributed by atoms with Gasteiger partial charge in [-0.1, -0.05) is 13.0 Å². The van der Waals surface area contributed by atoms with Gasteiger partial charge in [-0.3, -0.25) is 0 Å². The smallest absolute Gasteiger partial charge is 0.0701 e. The molecule has 96 valence electrons. The van der Waals surface area contributed by atoms with Crippen LogP contribution in [-0.4, -0.2) is 28.1 Å². The van der Waals surface area contributed by atoms with E-state index in [0.717, 1.165) is 18.1 Å². The zero-order valence-electron chi connectivity index (χ0n) is 10.6. The second-order valence-corrected chi connectivity index (χ2v) is 5.92. The van der Waals surface area contributed by atoms with Gasteiger partial charge < -0.3 is 4.74 Å². The van der Waals surface area contributed by atoms with Crippen LogP contribution in [0, 0.1) is 5.92 Å². The molecular weight excluding hydrogens is 244 g/mol. The van der Waals surface area contributed by atoms with E-state index in [1.165, 1.54) is 17.5 Å². The van der Waals surface area contributed by atoms with Crippen molar-refractivity contribution in [3.63, 3.8) is 0 Å². The highest BCUT2D eigenvalue weighted by atomic mass is 32.2. The molecule has 0 saturated carbocycles. The number of hydrogen-bond donors (Lipinski definition) is 0. The summed E-state index contributed by atoms with van der Waals surface area (Å²) in [6.07, 6.45) is 5.50. The van der Waals surface area contributed by atoms with Gasteiger partial charge in [0.05, 0.1) is 11.6 Å². The predicted octanol–water partition coefficient (Wildman–Crippen LogP) is 2.99. The molecule has 0 bridgehead atoms. The Labute approximate surface area is 112 Å². The normalized spacial score (nSPS) is 23.8. The maximum atomic E-state index is 5.74. The van der Waals surface area contributed by atoms with Gasteiger partial charge in [0.15, 0.2) is 0 Å². The van der Waals surface area contributed by atoms with Crippen LogP contribution in [0.5, 0.6) is 0 Å². The van der Waals surface area contributed by atoms with Gasteiger partial charge in [0.1, 0.15) is 0 Å². The van der Waals surface area contributed by atoms with Gasteiger partial charge in [-0.05, 0) is 30.0 Å². The van der Waals surface area contributed by atoms with E-state index in [4.69, 9.17) is 4.74 Å². The van der Waals surface area contributed by atoms with Crippen molar-refractivity contribution in [2.24, 2.45) is 5.92 Å². The molecule has 18 heavy (non-hydrogen) atoms. The van der Waals surface area contributed by atoms with Crippen LogP contribution in [0.2, 0.25) is 0 Å². The van der Waals surface area contributed by atoms with Crippen LogP contribution in [0.4, 0.5) is 0 Å². The van der Waals surface area contributed by atoms with Gasteiger partial charge in [0.25, 0.3) is 0 Å². The van der Waals surface area contributed by atoms with Gasteiger partial charge in [0, 0.05) is 30.5 Å². The fourth-order valence-corrected chi connectivity index (χ4v) is 3.63. The van der Waals surface area contributed by atoms with Crippen molar-refractivity contribution in [2.45, 2.75) is 25.2 Å². The summed E-state index contributed by atoms with van der Waals surface area (Å²) < 4.78 is 7.67. The van der Waals surface area contributed by atoms with E-state index in [1.54, 1.807) is 0 Å². The summed E-state index contributed by atoms with van der Waals surface area (Å²) >= 11 is 1.96. The van der Waals surface area contributed by atoms with E-state index in [-0.39, 0.29) is 0 Å². The highest BCUT2D eigenvalue weighted by Gasteiger charge is 2.23. The molecule has 0 spiro atoms. The molecule has 3 heterocycles. The third-order valence-electron chi connectivity index (χ3n) is 3.60. The summed E-state index contributed by atoms with van der Waals surface area (Å²) in [5.41, 5.74) is 2.57. The van der Waals surface area contributed by atoms with E-state index in [2.05, 4.69) is 30.2 Å². The molecule has 2 aromatic heterocycles. The zero-order valence-corrected chi connectivity index (χ0v) is 11.4. The minimum atomic E-state index is 0.444. The van der Waals surface area contributed by atoms with Crippen molar-refractivity contribution in [3.05, 3.63) is 36.2 Å². The Morgan fingerprint density at radius 3 is 3.28 bits per heavy atom. The van der Waals surface area contributed by atoms with Gasteiger partial charge in [-0.25, -0.2) is 4.52 Å². The van der Waals surface area contributed by atoms with E-state index < -0.39 is 0 Å². The maximum absolute atomic E-state index is 5.74. The molecular formula is C14H18N2OS. The summed E-state index contributed by atoms with van der Waals surface area (Å²) in [7, 11) is 0. The highest BCUT2D eigenvalue weighted by Crippen LogP contribution is 2.25. The first-order valence-electron chi connectivity index (χ1n) is 6.45. The Morgan fingerprint density at radius 2 is 2.44 bits per heavy atom. The Bertz CT molecular complexity index is 525. The topological polar surface area (TPSA) is 26.5 Å². The molecule has 0 aromatic carbocycles. The lowest BCUT2D eigenvalue weighted by Gasteiger charge is -2.13. The van der Waals surface area contributed by atoms with E-state index in [9.17, 15) is 0 Å². The summed E-state index contributed by atoms with van der Waals surface area (Å²) in [4.78, 5) is 0. The lowest BCUT2D eigenvalue weighted by atomic mass is 10.1. The van der Waals surface area contributed by atoms with Crippen LogP contribution in [0.15, 0.2) is 30.6 Å². The average Bonchev–Trinajstić information content (AvgIpc) is 2.99. The largest absolute Gasteiger partial charge is 0.377 e. The third kappa shape index (κ3) is 2.40. The summed E-state index contributed by atoms with van der Waals surface area (Å²) in [6, 6.07) is 6.32. The lowest BCUT2D eigenvalue weighted by molar-refractivity contribution is 0.113. The SMILES string of the molecule is C[C@@H]1CCO[C@@H]1CSCc1cccn2nccc12. The van der Waals surface area contributed by atoms with E-state index in [0.29, 0.717) is 12.0 Å². The fourth-order valence-electron chi connectivity index (χ4n) is 2.39. The van der Waals surface area contributed by atoms with Crippen LogP contribution in [0.3, 0.4) is 0 Å². The van der Waals surface area contributed by atoms with Crippen LogP contribution in [0.25, 0.3) is 5.52 Å². The predicted molar refractivity (Wildman–Crippen MR) is 74.9 cm³/mol. The molecule has 4 heteroatoms. The first-order chi connectivity index (χ1) is 8.84. The third-order valence-corrected chi connectivity index (χ3v) is 4.68. The number of aromatic nitrogens is 2. The van der Waals surface area contributed by atoms with Crippen molar-refractivity contribution in [1.82, 2.24) is 9.61 Å². The number of hydrogen-bond acceptors (Lipinski definition) is 3. The number of rotatable bonds is 4. The maximum Gasteiger partial charge on any atom is 0.0701 e. The number of fused-ring (bicyclic) bond motifs is 1. The van der Waals surface area contributed by atoms with E-state index in [1.807, 2.05) is 28.7 Å². The van der Waals surface area contributed by atoms with Gasteiger partial charge in [0.2, 0.25) is 0 Å². The zero-order chi connectivity index (χ0) is 12.4. The Morgan fingerprint density at radius 1 is 1.50 bits per heavy atom. The first kappa shape index (κ1) is 12.1. The summed E-state index contributed by atoms with van der Waals surface area (Å²) in [6.45, 7) is 3.22. The van der Waals surface area contributed by atoms with Crippen LogP contribution < -0.4 is 0 Å². The molecule has 1 aliphatic rings. The highest BCUT2D eigenvalue weighted by molar-refractivity contribution is 7.98. The summed E-state index contributed by atoms with van der Waals surface area (Å²) in [5, 5.41) is 4.26. The quantitative estimate of drug-likeness (QED) is 0.847. The molecule has 3 nitrogen and oxygen atoms in total. The minimum absolute atomic E-state index is 0.444.